The molecule has 1 aromatic carbocycles. The Morgan fingerprint density at radius 3 is 2.61 bits per heavy atom. The molecule has 1 aromatic rings. The number of nitrogens with one attached hydrogen (secondary N) is 1. The Kier molecular flexibility index (Phi) is 5.91. The molecule has 2 aliphatic heterocycles. The maximum Gasteiger partial charge on any atom is 0.251 e. The summed E-state index contributed by atoms with van der Waals surface area (Å²) < 4.78 is 17.6. The number of rotatable bonds is 6. The molecule has 6 heteroatoms. The largest absolute Gasteiger partial charge is 0.490 e. The van der Waals surface area contributed by atoms with Gasteiger partial charge in [0.05, 0.1) is 16.7 Å². The van der Waals surface area contributed by atoms with Gasteiger partial charge in [-0.25, -0.2) is 0 Å². The highest BCUT2D eigenvalue weighted by Crippen LogP contribution is 2.27. The standard InChI is InChI=1S/C17H22BrNO4/c18-15-9-12(17(20)19-10-13-3-1-7-21-13)5-6-16(15)23-11-14-4-2-8-22-14/h5-6,9,13-14H,1-4,7-8,10-11H2,(H,19,20). The van der Waals surface area contributed by atoms with Crippen LogP contribution in [0, 0.1) is 0 Å². The van der Waals surface area contributed by atoms with Gasteiger partial charge >= 0.3 is 0 Å². The van der Waals surface area contributed by atoms with E-state index < -0.39 is 0 Å². The van der Waals surface area contributed by atoms with Gasteiger partial charge in [0.25, 0.3) is 5.91 Å². The van der Waals surface area contributed by atoms with Gasteiger partial charge in [-0.3, -0.25) is 4.79 Å². The molecule has 0 radical (unpaired) electrons. The molecule has 5 nitrogen and oxygen atoms in total. The van der Waals surface area contributed by atoms with Crippen LogP contribution in [0.1, 0.15) is 36.0 Å². The first-order valence-corrected chi connectivity index (χ1v) is 8.95. The number of benzene rings is 1. The molecule has 3 rings (SSSR count). The molecule has 126 valence electrons. The molecule has 1 amide bonds. The van der Waals surface area contributed by atoms with Crippen LogP contribution in [0.25, 0.3) is 0 Å². The molecule has 2 heterocycles. The molecular weight excluding hydrogens is 362 g/mol. The van der Waals surface area contributed by atoms with E-state index in [2.05, 4.69) is 21.2 Å². The van der Waals surface area contributed by atoms with Crippen LogP contribution in [-0.2, 0) is 9.47 Å². The lowest BCUT2D eigenvalue weighted by Gasteiger charge is -2.14. The van der Waals surface area contributed by atoms with Crippen molar-refractivity contribution < 1.29 is 19.0 Å². The van der Waals surface area contributed by atoms with Gasteiger partial charge in [-0.1, -0.05) is 0 Å². The summed E-state index contributed by atoms with van der Waals surface area (Å²) in [7, 11) is 0. The Hall–Kier alpha value is -1.11. The molecule has 2 atom stereocenters. The minimum absolute atomic E-state index is 0.0909. The zero-order valence-corrected chi connectivity index (χ0v) is 14.6. The van der Waals surface area contributed by atoms with Gasteiger partial charge in [0.15, 0.2) is 0 Å². The molecule has 0 saturated carbocycles. The number of ether oxygens (including phenoxy) is 3. The lowest BCUT2D eigenvalue weighted by Crippen LogP contribution is -2.31. The Morgan fingerprint density at radius 2 is 1.96 bits per heavy atom. The zero-order chi connectivity index (χ0) is 16.1. The van der Waals surface area contributed by atoms with Crippen molar-refractivity contribution in [3.05, 3.63) is 28.2 Å². The molecule has 0 bridgehead atoms. The molecule has 1 N–H and O–H groups in total. The number of amides is 1. The lowest BCUT2D eigenvalue weighted by molar-refractivity contribution is 0.0676. The molecular formula is C17H22BrNO4. The predicted molar refractivity (Wildman–Crippen MR) is 89.9 cm³/mol. The summed E-state index contributed by atoms with van der Waals surface area (Å²) in [5.41, 5.74) is 0.610. The van der Waals surface area contributed by atoms with Crippen molar-refractivity contribution in [2.24, 2.45) is 0 Å². The Morgan fingerprint density at radius 1 is 1.22 bits per heavy atom. The minimum atomic E-state index is -0.0909. The molecule has 0 aromatic heterocycles. The second-order valence-corrected chi connectivity index (χ2v) is 6.79. The maximum atomic E-state index is 12.2. The van der Waals surface area contributed by atoms with Crippen LogP contribution in [-0.4, -0.2) is 44.5 Å². The first-order chi connectivity index (χ1) is 11.2. The monoisotopic (exact) mass is 383 g/mol. The van der Waals surface area contributed by atoms with Gasteiger partial charge < -0.3 is 19.5 Å². The van der Waals surface area contributed by atoms with Crippen molar-refractivity contribution >= 4 is 21.8 Å². The van der Waals surface area contributed by atoms with Gasteiger partial charge in [-0.05, 0) is 59.8 Å². The van der Waals surface area contributed by atoms with Crippen molar-refractivity contribution in [2.45, 2.75) is 37.9 Å². The van der Waals surface area contributed by atoms with Gasteiger partial charge in [0.1, 0.15) is 12.4 Å². The summed E-state index contributed by atoms with van der Waals surface area (Å²) in [6.45, 7) is 2.72. The fourth-order valence-electron chi connectivity index (χ4n) is 2.83. The third kappa shape index (κ3) is 4.68. The summed E-state index contributed by atoms with van der Waals surface area (Å²) in [4.78, 5) is 12.2. The second-order valence-electron chi connectivity index (χ2n) is 5.94. The van der Waals surface area contributed by atoms with E-state index in [9.17, 15) is 4.79 Å². The minimum Gasteiger partial charge on any atom is -0.490 e. The maximum absolute atomic E-state index is 12.2. The molecule has 2 aliphatic rings. The number of carbonyl (C=O) groups excluding carboxylic acids is 1. The van der Waals surface area contributed by atoms with Gasteiger partial charge in [-0.15, -0.1) is 0 Å². The van der Waals surface area contributed by atoms with Crippen LogP contribution in [0.2, 0.25) is 0 Å². The molecule has 2 fully saturated rings. The van der Waals surface area contributed by atoms with Crippen molar-refractivity contribution in [3.63, 3.8) is 0 Å². The summed E-state index contributed by atoms with van der Waals surface area (Å²) in [5.74, 6) is 0.642. The molecule has 0 aliphatic carbocycles. The van der Waals surface area contributed by atoms with Crippen LogP contribution < -0.4 is 10.1 Å². The third-order valence-corrected chi connectivity index (χ3v) is 4.78. The Labute approximate surface area is 144 Å². The van der Waals surface area contributed by atoms with Crippen molar-refractivity contribution in [2.75, 3.05) is 26.4 Å². The number of halogens is 1. The van der Waals surface area contributed by atoms with E-state index in [1.165, 1.54) is 0 Å². The average molecular weight is 384 g/mol. The Balaban J connectivity index is 1.51. The smallest absolute Gasteiger partial charge is 0.251 e. The van der Waals surface area contributed by atoms with Crippen LogP contribution in [0.3, 0.4) is 0 Å². The normalized spacial score (nSPS) is 23.9. The number of carbonyl (C=O) groups is 1. The highest BCUT2D eigenvalue weighted by atomic mass is 79.9. The lowest BCUT2D eigenvalue weighted by atomic mass is 10.2. The van der Waals surface area contributed by atoms with E-state index in [0.717, 1.165) is 49.1 Å². The summed E-state index contributed by atoms with van der Waals surface area (Å²) in [6, 6.07) is 5.39. The molecule has 2 saturated heterocycles. The average Bonchev–Trinajstić information content (AvgIpc) is 3.25. The highest BCUT2D eigenvalue weighted by Gasteiger charge is 2.18. The van der Waals surface area contributed by atoms with Crippen molar-refractivity contribution in [1.29, 1.82) is 0 Å². The summed E-state index contributed by atoms with van der Waals surface area (Å²) in [5, 5.41) is 2.92. The van der Waals surface area contributed by atoms with Crippen molar-refractivity contribution in [1.82, 2.24) is 5.32 Å². The Bertz CT molecular complexity index is 539. The van der Waals surface area contributed by atoms with Crippen LogP contribution in [0.4, 0.5) is 0 Å². The van der Waals surface area contributed by atoms with Gasteiger partial charge in [0.2, 0.25) is 0 Å². The summed E-state index contributed by atoms with van der Waals surface area (Å²) in [6.07, 6.45) is 4.55. The SMILES string of the molecule is O=C(NCC1CCCO1)c1ccc(OCC2CCCO2)c(Br)c1. The van der Waals surface area contributed by atoms with Crippen LogP contribution >= 0.6 is 15.9 Å². The first kappa shape index (κ1) is 16.7. The zero-order valence-electron chi connectivity index (χ0n) is 13.1. The number of hydrogen-bond acceptors (Lipinski definition) is 4. The van der Waals surface area contributed by atoms with E-state index in [-0.39, 0.29) is 18.1 Å². The van der Waals surface area contributed by atoms with Gasteiger partial charge in [0, 0.05) is 25.3 Å². The van der Waals surface area contributed by atoms with E-state index in [4.69, 9.17) is 14.2 Å². The molecule has 23 heavy (non-hydrogen) atoms. The quantitative estimate of drug-likeness (QED) is 0.820. The molecule has 2 unspecified atom stereocenters. The second kappa shape index (κ2) is 8.13. The molecule has 0 spiro atoms. The van der Waals surface area contributed by atoms with Gasteiger partial charge in [-0.2, -0.15) is 0 Å². The fraction of sp³-hybridized carbons (Fsp3) is 0.588. The predicted octanol–water partition coefficient (Wildman–Crippen LogP) is 2.92. The summed E-state index contributed by atoms with van der Waals surface area (Å²) >= 11 is 3.47. The topological polar surface area (TPSA) is 56.8 Å². The van der Waals surface area contributed by atoms with E-state index >= 15 is 0 Å². The first-order valence-electron chi connectivity index (χ1n) is 8.16. The fourth-order valence-corrected chi connectivity index (χ4v) is 3.32. The van der Waals surface area contributed by atoms with Crippen LogP contribution in [0.5, 0.6) is 5.75 Å². The van der Waals surface area contributed by atoms with E-state index in [0.29, 0.717) is 18.7 Å². The third-order valence-electron chi connectivity index (χ3n) is 4.16. The number of hydrogen-bond donors (Lipinski definition) is 1. The van der Waals surface area contributed by atoms with E-state index in [1.807, 2.05) is 6.07 Å². The van der Waals surface area contributed by atoms with Crippen molar-refractivity contribution in [3.8, 4) is 5.75 Å². The van der Waals surface area contributed by atoms with Crippen LogP contribution in [0.15, 0.2) is 22.7 Å². The highest BCUT2D eigenvalue weighted by molar-refractivity contribution is 9.10. The van der Waals surface area contributed by atoms with E-state index in [1.54, 1.807) is 12.1 Å².